The highest BCUT2D eigenvalue weighted by Crippen LogP contribution is 2.26. The van der Waals surface area contributed by atoms with Crippen LogP contribution < -0.4 is 5.56 Å². The second kappa shape index (κ2) is 9.04. The minimum Gasteiger partial charge on any atom is -0.333 e. The molecule has 1 amide bonds. The summed E-state index contributed by atoms with van der Waals surface area (Å²) in [6.07, 6.45) is 7.22. The van der Waals surface area contributed by atoms with Crippen LogP contribution in [0.3, 0.4) is 0 Å². The molecule has 0 aliphatic heterocycles. The molecule has 31 heavy (non-hydrogen) atoms. The first-order valence-electron chi connectivity index (χ1n) is 11.3. The number of hydrogen-bond donors (Lipinski definition) is 0. The van der Waals surface area contributed by atoms with Crippen LogP contribution in [0.25, 0.3) is 11.0 Å². The first-order chi connectivity index (χ1) is 15.0. The number of nitrogens with zero attached hydrogens (tertiary/aromatic N) is 3. The summed E-state index contributed by atoms with van der Waals surface area (Å²) in [5.74, 6) is -0.157. The van der Waals surface area contributed by atoms with Gasteiger partial charge in [-0.15, -0.1) is 0 Å². The highest BCUT2D eigenvalue weighted by atomic mass is 16.2. The molecule has 0 unspecified atom stereocenters. The Morgan fingerprint density at radius 1 is 1.13 bits per heavy atom. The maximum absolute atomic E-state index is 13.7. The average Bonchev–Trinajstić information content (AvgIpc) is 2.77. The lowest BCUT2D eigenvalue weighted by Gasteiger charge is -2.37. The number of fused-ring (bicyclic) bond motifs is 1. The van der Waals surface area contributed by atoms with Gasteiger partial charge in [-0.05, 0) is 57.4 Å². The van der Waals surface area contributed by atoms with Crippen LogP contribution in [0.5, 0.6) is 0 Å². The van der Waals surface area contributed by atoms with E-state index in [1.807, 2.05) is 62.1 Å². The van der Waals surface area contributed by atoms with E-state index < -0.39 is 0 Å². The molecule has 0 bridgehead atoms. The third kappa shape index (κ3) is 4.41. The smallest absolute Gasteiger partial charge is 0.265 e. The van der Waals surface area contributed by atoms with Crippen molar-refractivity contribution >= 4 is 16.9 Å². The summed E-state index contributed by atoms with van der Waals surface area (Å²) in [5, 5.41) is 0.810. The van der Waals surface area contributed by atoms with Gasteiger partial charge in [-0.1, -0.05) is 49.1 Å². The molecule has 2 heterocycles. The van der Waals surface area contributed by atoms with Crippen LogP contribution in [0, 0.1) is 6.92 Å². The van der Waals surface area contributed by atoms with Crippen LogP contribution >= 0.6 is 0 Å². The fraction of sp³-hybridized carbons (Fsp3) is 0.423. The second-order valence-electron chi connectivity index (χ2n) is 8.95. The minimum atomic E-state index is -0.266. The fourth-order valence-corrected chi connectivity index (χ4v) is 4.70. The van der Waals surface area contributed by atoms with Crippen LogP contribution in [0.15, 0.2) is 53.5 Å². The summed E-state index contributed by atoms with van der Waals surface area (Å²) < 4.78 is 1.65. The molecule has 5 nitrogen and oxygen atoms in total. The molecule has 162 valence electrons. The van der Waals surface area contributed by atoms with E-state index in [1.165, 1.54) is 12.0 Å². The van der Waals surface area contributed by atoms with E-state index >= 15 is 0 Å². The normalized spacial score (nSPS) is 14.8. The summed E-state index contributed by atoms with van der Waals surface area (Å²) in [5.41, 5.74) is 2.77. The Hall–Kier alpha value is -2.95. The molecule has 4 rings (SSSR count). The van der Waals surface area contributed by atoms with E-state index in [0.717, 1.165) is 36.6 Å². The zero-order chi connectivity index (χ0) is 22.0. The molecule has 0 saturated heterocycles. The molecular formula is C26H31N3O2. The van der Waals surface area contributed by atoms with Crippen molar-refractivity contribution in [3.63, 3.8) is 0 Å². The lowest BCUT2D eigenvalue weighted by Crippen LogP contribution is -2.47. The van der Waals surface area contributed by atoms with Crippen molar-refractivity contribution in [2.45, 2.75) is 71.5 Å². The number of pyridine rings is 2. The molecule has 0 atom stereocenters. The van der Waals surface area contributed by atoms with Gasteiger partial charge in [-0.3, -0.25) is 14.2 Å². The summed E-state index contributed by atoms with van der Waals surface area (Å²) in [6, 6.07) is 13.9. The molecule has 1 aromatic carbocycles. The van der Waals surface area contributed by atoms with Gasteiger partial charge in [0.1, 0.15) is 11.2 Å². The van der Waals surface area contributed by atoms with E-state index in [0.29, 0.717) is 12.2 Å². The first-order valence-corrected chi connectivity index (χ1v) is 11.3. The van der Waals surface area contributed by atoms with E-state index in [9.17, 15) is 9.59 Å². The highest BCUT2D eigenvalue weighted by Gasteiger charge is 2.30. The maximum atomic E-state index is 13.7. The monoisotopic (exact) mass is 417 g/mol. The van der Waals surface area contributed by atoms with Gasteiger partial charge in [-0.2, -0.15) is 0 Å². The molecule has 1 saturated carbocycles. The predicted molar refractivity (Wildman–Crippen MR) is 124 cm³/mol. The number of amides is 1. The molecule has 1 aliphatic rings. The summed E-state index contributed by atoms with van der Waals surface area (Å²) in [7, 11) is 0. The number of benzene rings is 1. The molecule has 0 spiro atoms. The number of aromatic nitrogens is 2. The van der Waals surface area contributed by atoms with Crippen LogP contribution in [-0.4, -0.2) is 32.4 Å². The van der Waals surface area contributed by atoms with Crippen molar-refractivity contribution in [2.75, 3.05) is 0 Å². The largest absolute Gasteiger partial charge is 0.333 e. The topological polar surface area (TPSA) is 55.2 Å². The quantitative estimate of drug-likeness (QED) is 0.591. The molecular weight excluding hydrogens is 386 g/mol. The number of aryl methyl sites for hydroxylation is 1. The van der Waals surface area contributed by atoms with Crippen molar-refractivity contribution < 1.29 is 4.79 Å². The zero-order valence-electron chi connectivity index (χ0n) is 18.7. The van der Waals surface area contributed by atoms with E-state index in [2.05, 4.69) is 4.98 Å². The van der Waals surface area contributed by atoms with Crippen molar-refractivity contribution in [2.24, 2.45) is 0 Å². The van der Waals surface area contributed by atoms with Crippen molar-refractivity contribution in [3.8, 4) is 0 Å². The van der Waals surface area contributed by atoms with Crippen molar-refractivity contribution in [1.82, 2.24) is 14.5 Å². The van der Waals surface area contributed by atoms with Gasteiger partial charge in [0.05, 0.1) is 6.54 Å². The zero-order valence-corrected chi connectivity index (χ0v) is 18.7. The number of rotatable bonds is 5. The van der Waals surface area contributed by atoms with Crippen molar-refractivity contribution in [3.05, 3.63) is 75.7 Å². The molecule has 0 N–H and O–H groups in total. The second-order valence-corrected chi connectivity index (χ2v) is 8.95. The van der Waals surface area contributed by atoms with Crippen LogP contribution in [-0.2, 0) is 6.54 Å². The van der Waals surface area contributed by atoms with Gasteiger partial charge in [-0.25, -0.2) is 4.98 Å². The van der Waals surface area contributed by atoms with Crippen LogP contribution in [0.1, 0.15) is 67.4 Å². The molecule has 5 heteroatoms. The Morgan fingerprint density at radius 2 is 1.84 bits per heavy atom. The Balaban J connectivity index is 1.80. The average molecular weight is 418 g/mol. The SMILES string of the molecule is Cc1ccc(Cn2c(=O)c(C(=O)N(C(C)C)C3CCCCC3)cc3cccnc32)cc1. The standard InChI is InChI=1S/C26H31N3O2/c1-18(2)29(22-9-5-4-6-10-22)26(31)23-16-21-8-7-15-27-24(21)28(25(23)30)17-20-13-11-19(3)12-14-20/h7-8,11-16,18,22H,4-6,9-10,17H2,1-3H3. The molecule has 2 aromatic heterocycles. The molecule has 3 aromatic rings. The van der Waals surface area contributed by atoms with E-state index in [-0.39, 0.29) is 29.1 Å². The lowest BCUT2D eigenvalue weighted by molar-refractivity contribution is 0.0553. The first kappa shape index (κ1) is 21.3. The van der Waals surface area contributed by atoms with Gasteiger partial charge >= 0.3 is 0 Å². The van der Waals surface area contributed by atoms with Crippen LogP contribution in [0.2, 0.25) is 0 Å². The van der Waals surface area contributed by atoms with Crippen LogP contribution in [0.4, 0.5) is 0 Å². The highest BCUT2D eigenvalue weighted by molar-refractivity contribution is 5.97. The van der Waals surface area contributed by atoms with E-state index in [1.54, 1.807) is 16.8 Å². The lowest BCUT2D eigenvalue weighted by atomic mass is 9.93. The maximum Gasteiger partial charge on any atom is 0.265 e. The minimum absolute atomic E-state index is 0.0464. The third-order valence-corrected chi connectivity index (χ3v) is 6.30. The van der Waals surface area contributed by atoms with Gasteiger partial charge < -0.3 is 4.90 Å². The Labute approximate surface area is 183 Å². The molecule has 1 fully saturated rings. The Morgan fingerprint density at radius 3 is 2.52 bits per heavy atom. The summed E-state index contributed by atoms with van der Waals surface area (Å²) in [4.78, 5) is 33.7. The summed E-state index contributed by atoms with van der Waals surface area (Å²) >= 11 is 0. The molecule has 0 radical (unpaired) electrons. The van der Waals surface area contributed by atoms with Gasteiger partial charge in [0.15, 0.2) is 0 Å². The number of carbonyl (C=O) groups excluding carboxylic acids is 1. The van der Waals surface area contributed by atoms with E-state index in [4.69, 9.17) is 0 Å². The van der Waals surface area contributed by atoms with Gasteiger partial charge in [0.2, 0.25) is 0 Å². The summed E-state index contributed by atoms with van der Waals surface area (Å²) in [6.45, 7) is 6.51. The van der Waals surface area contributed by atoms with Gasteiger partial charge in [0.25, 0.3) is 11.5 Å². The fourth-order valence-electron chi connectivity index (χ4n) is 4.70. The number of carbonyl (C=O) groups is 1. The Kier molecular flexibility index (Phi) is 6.21. The number of hydrogen-bond acceptors (Lipinski definition) is 3. The van der Waals surface area contributed by atoms with Gasteiger partial charge in [0, 0.05) is 23.7 Å². The third-order valence-electron chi connectivity index (χ3n) is 6.30. The predicted octanol–water partition coefficient (Wildman–Crippen LogP) is 4.94. The molecule has 1 aliphatic carbocycles. The Bertz CT molecular complexity index is 1130. The van der Waals surface area contributed by atoms with Crippen molar-refractivity contribution in [1.29, 1.82) is 0 Å².